The number of ether oxygens (including phenoxy) is 2. The standard InChI is InChI=1S/C11H13NO2/c12-6-8-5-7-1-3-13-10(7)11-9(8)2-4-14-11/h5H,1-4,6,12H2. The van der Waals surface area contributed by atoms with Crippen LogP contribution in [0.1, 0.15) is 16.7 Å². The van der Waals surface area contributed by atoms with Crippen molar-refractivity contribution < 1.29 is 9.47 Å². The molecule has 14 heavy (non-hydrogen) atoms. The fourth-order valence-corrected chi connectivity index (χ4v) is 2.26. The van der Waals surface area contributed by atoms with Gasteiger partial charge in [-0.25, -0.2) is 0 Å². The average Bonchev–Trinajstić information content (AvgIpc) is 2.83. The van der Waals surface area contributed by atoms with E-state index >= 15 is 0 Å². The van der Waals surface area contributed by atoms with E-state index in [1.807, 2.05) is 0 Å². The number of rotatable bonds is 1. The molecule has 2 N–H and O–H groups in total. The van der Waals surface area contributed by atoms with E-state index in [1.165, 1.54) is 16.7 Å². The second-order valence-electron chi connectivity index (χ2n) is 3.73. The van der Waals surface area contributed by atoms with Crippen LogP contribution in [0, 0.1) is 0 Å². The quantitative estimate of drug-likeness (QED) is 0.720. The van der Waals surface area contributed by atoms with E-state index in [1.54, 1.807) is 0 Å². The molecule has 0 amide bonds. The van der Waals surface area contributed by atoms with E-state index < -0.39 is 0 Å². The summed E-state index contributed by atoms with van der Waals surface area (Å²) in [6, 6.07) is 2.18. The largest absolute Gasteiger partial charge is 0.489 e. The molecule has 2 heterocycles. The number of hydrogen-bond acceptors (Lipinski definition) is 3. The van der Waals surface area contributed by atoms with Crippen LogP contribution < -0.4 is 15.2 Å². The first-order valence-corrected chi connectivity index (χ1v) is 5.03. The lowest BCUT2D eigenvalue weighted by molar-refractivity contribution is 0.310. The minimum atomic E-state index is 0.596. The van der Waals surface area contributed by atoms with E-state index in [0.29, 0.717) is 6.54 Å². The zero-order valence-corrected chi connectivity index (χ0v) is 8.01. The third kappa shape index (κ3) is 0.960. The smallest absolute Gasteiger partial charge is 0.165 e. The van der Waals surface area contributed by atoms with Gasteiger partial charge in [0.05, 0.1) is 13.2 Å². The predicted octanol–water partition coefficient (Wildman–Crippen LogP) is 1.02. The highest BCUT2D eigenvalue weighted by Crippen LogP contribution is 2.43. The predicted molar refractivity (Wildman–Crippen MR) is 52.7 cm³/mol. The summed E-state index contributed by atoms with van der Waals surface area (Å²) in [5.74, 6) is 1.93. The molecule has 1 aromatic carbocycles. The molecule has 3 heteroatoms. The fraction of sp³-hybridized carbons (Fsp3) is 0.455. The highest BCUT2D eigenvalue weighted by Gasteiger charge is 2.26. The number of hydrogen-bond donors (Lipinski definition) is 1. The van der Waals surface area contributed by atoms with Crippen LogP contribution in [0.15, 0.2) is 6.07 Å². The van der Waals surface area contributed by atoms with Crippen molar-refractivity contribution >= 4 is 0 Å². The number of benzene rings is 1. The molecule has 1 aromatic rings. The molecular weight excluding hydrogens is 178 g/mol. The summed E-state index contributed by atoms with van der Waals surface area (Å²) in [6.07, 6.45) is 1.96. The zero-order chi connectivity index (χ0) is 9.54. The first kappa shape index (κ1) is 8.12. The molecule has 3 nitrogen and oxygen atoms in total. The Morgan fingerprint density at radius 1 is 1.14 bits per heavy atom. The average molecular weight is 191 g/mol. The molecule has 0 bridgehead atoms. The van der Waals surface area contributed by atoms with Gasteiger partial charge < -0.3 is 15.2 Å². The summed E-state index contributed by atoms with van der Waals surface area (Å²) < 4.78 is 11.2. The lowest BCUT2D eigenvalue weighted by atomic mass is 10.0. The van der Waals surface area contributed by atoms with Gasteiger partial charge >= 0.3 is 0 Å². The van der Waals surface area contributed by atoms with Crippen molar-refractivity contribution in [3.05, 3.63) is 22.8 Å². The van der Waals surface area contributed by atoms with Gasteiger partial charge in [0, 0.05) is 30.5 Å². The van der Waals surface area contributed by atoms with Gasteiger partial charge in [0.25, 0.3) is 0 Å². The minimum Gasteiger partial charge on any atom is -0.489 e. The van der Waals surface area contributed by atoms with Crippen molar-refractivity contribution in [1.82, 2.24) is 0 Å². The number of fused-ring (bicyclic) bond motifs is 3. The zero-order valence-electron chi connectivity index (χ0n) is 8.01. The molecule has 0 aromatic heterocycles. The van der Waals surface area contributed by atoms with Gasteiger partial charge in [-0.1, -0.05) is 6.07 Å². The Morgan fingerprint density at radius 3 is 2.79 bits per heavy atom. The maximum atomic E-state index is 5.72. The van der Waals surface area contributed by atoms with Gasteiger partial charge in [-0.05, 0) is 5.56 Å². The van der Waals surface area contributed by atoms with Gasteiger partial charge in [0.15, 0.2) is 11.5 Å². The van der Waals surface area contributed by atoms with Gasteiger partial charge in [-0.2, -0.15) is 0 Å². The first-order chi connectivity index (χ1) is 6.90. The van der Waals surface area contributed by atoms with Crippen LogP contribution in [0.25, 0.3) is 0 Å². The van der Waals surface area contributed by atoms with E-state index in [2.05, 4.69) is 6.07 Å². The Labute approximate surface area is 82.8 Å². The lowest BCUT2D eigenvalue weighted by Gasteiger charge is -2.09. The molecule has 0 radical (unpaired) electrons. The Kier molecular flexibility index (Phi) is 1.67. The highest BCUT2D eigenvalue weighted by atomic mass is 16.5. The van der Waals surface area contributed by atoms with E-state index in [9.17, 15) is 0 Å². The first-order valence-electron chi connectivity index (χ1n) is 5.03. The molecule has 0 aliphatic carbocycles. The molecular formula is C11H13NO2. The Balaban J connectivity index is 2.23. The van der Waals surface area contributed by atoms with Crippen molar-refractivity contribution in [2.75, 3.05) is 13.2 Å². The Bertz CT molecular complexity index is 387. The monoisotopic (exact) mass is 191 g/mol. The van der Waals surface area contributed by atoms with Crippen molar-refractivity contribution in [2.24, 2.45) is 5.73 Å². The van der Waals surface area contributed by atoms with Gasteiger partial charge in [0.2, 0.25) is 0 Å². The summed E-state index contributed by atoms with van der Waals surface area (Å²) in [5.41, 5.74) is 9.46. The van der Waals surface area contributed by atoms with Crippen LogP contribution in [0.3, 0.4) is 0 Å². The molecule has 0 fully saturated rings. The lowest BCUT2D eigenvalue weighted by Crippen LogP contribution is -2.01. The molecule has 0 atom stereocenters. The summed E-state index contributed by atoms with van der Waals surface area (Å²) >= 11 is 0. The summed E-state index contributed by atoms with van der Waals surface area (Å²) in [6.45, 7) is 2.14. The van der Waals surface area contributed by atoms with Gasteiger partial charge in [-0.3, -0.25) is 0 Å². The van der Waals surface area contributed by atoms with Crippen LogP contribution in [-0.2, 0) is 19.4 Å². The fourth-order valence-electron chi connectivity index (χ4n) is 2.26. The van der Waals surface area contributed by atoms with Crippen LogP contribution in [-0.4, -0.2) is 13.2 Å². The number of nitrogens with two attached hydrogens (primary N) is 1. The van der Waals surface area contributed by atoms with Crippen molar-refractivity contribution in [3.63, 3.8) is 0 Å². The summed E-state index contributed by atoms with van der Waals surface area (Å²) in [5, 5.41) is 0. The van der Waals surface area contributed by atoms with E-state index in [0.717, 1.165) is 37.6 Å². The SMILES string of the molecule is NCc1cc2c(c3c1CCO3)OCC2. The van der Waals surface area contributed by atoms with Gasteiger partial charge in [0.1, 0.15) is 0 Å². The Morgan fingerprint density at radius 2 is 1.93 bits per heavy atom. The molecule has 2 aliphatic heterocycles. The van der Waals surface area contributed by atoms with E-state index in [-0.39, 0.29) is 0 Å². The Hall–Kier alpha value is -1.22. The minimum absolute atomic E-state index is 0.596. The highest BCUT2D eigenvalue weighted by molar-refractivity contribution is 5.58. The normalized spacial score (nSPS) is 17.2. The molecule has 2 aliphatic rings. The summed E-state index contributed by atoms with van der Waals surface area (Å²) in [4.78, 5) is 0. The maximum absolute atomic E-state index is 5.72. The summed E-state index contributed by atoms with van der Waals surface area (Å²) in [7, 11) is 0. The van der Waals surface area contributed by atoms with Crippen molar-refractivity contribution in [3.8, 4) is 11.5 Å². The third-order valence-corrected chi connectivity index (χ3v) is 2.94. The van der Waals surface area contributed by atoms with Crippen LogP contribution in [0.4, 0.5) is 0 Å². The topological polar surface area (TPSA) is 44.5 Å². The molecule has 0 saturated carbocycles. The van der Waals surface area contributed by atoms with Crippen molar-refractivity contribution in [1.29, 1.82) is 0 Å². The molecule has 0 spiro atoms. The van der Waals surface area contributed by atoms with Crippen LogP contribution in [0.2, 0.25) is 0 Å². The van der Waals surface area contributed by atoms with Gasteiger partial charge in [-0.15, -0.1) is 0 Å². The molecule has 74 valence electrons. The van der Waals surface area contributed by atoms with E-state index in [4.69, 9.17) is 15.2 Å². The second kappa shape index (κ2) is 2.89. The third-order valence-electron chi connectivity index (χ3n) is 2.94. The van der Waals surface area contributed by atoms with Crippen LogP contribution >= 0.6 is 0 Å². The van der Waals surface area contributed by atoms with Crippen molar-refractivity contribution in [2.45, 2.75) is 19.4 Å². The molecule has 0 unspecified atom stereocenters. The molecule has 3 rings (SSSR count). The maximum Gasteiger partial charge on any atom is 0.165 e. The second-order valence-corrected chi connectivity index (χ2v) is 3.73. The van der Waals surface area contributed by atoms with Crippen LogP contribution in [0.5, 0.6) is 11.5 Å². The molecule has 0 saturated heterocycles.